The highest BCUT2D eigenvalue weighted by molar-refractivity contribution is 5.81. The molecule has 1 aliphatic heterocycles. The number of rotatable bonds is 8. The van der Waals surface area contributed by atoms with Crippen LogP contribution in [0.1, 0.15) is 50.6 Å². The number of aromatic nitrogens is 5. The highest BCUT2D eigenvalue weighted by Crippen LogP contribution is 2.37. The summed E-state index contributed by atoms with van der Waals surface area (Å²) >= 11 is 0. The SMILES string of the molecule is COC[C@H](C)Nc1ncc2c(-c3cnn(CC4CNC(=O)C4)c3)cc([C@H]3CC[C@H](O)CC3)n2n1. The van der Waals surface area contributed by atoms with Crippen LogP contribution in [0, 0.1) is 5.92 Å². The second-order valence-electron chi connectivity index (χ2n) is 9.69. The molecule has 1 saturated heterocycles. The number of hydrogen-bond acceptors (Lipinski definition) is 7. The van der Waals surface area contributed by atoms with Gasteiger partial charge in [0.1, 0.15) is 0 Å². The lowest BCUT2D eigenvalue weighted by atomic mass is 9.85. The molecule has 2 fully saturated rings. The maximum atomic E-state index is 11.5. The van der Waals surface area contributed by atoms with Crippen LogP contribution in [0.2, 0.25) is 0 Å². The van der Waals surface area contributed by atoms with Gasteiger partial charge < -0.3 is 20.5 Å². The minimum Gasteiger partial charge on any atom is -0.393 e. The zero-order chi connectivity index (χ0) is 23.7. The molecule has 3 aromatic rings. The molecule has 10 heteroatoms. The third-order valence-corrected chi connectivity index (χ3v) is 6.90. The molecule has 5 rings (SSSR count). The Labute approximate surface area is 198 Å². The molecule has 34 heavy (non-hydrogen) atoms. The van der Waals surface area contributed by atoms with Gasteiger partial charge in [-0.05, 0) is 38.7 Å². The lowest BCUT2D eigenvalue weighted by Crippen LogP contribution is -2.23. The molecular formula is C24H33N7O3. The molecule has 1 unspecified atom stereocenters. The van der Waals surface area contributed by atoms with Crippen molar-refractivity contribution < 1.29 is 14.6 Å². The highest BCUT2D eigenvalue weighted by atomic mass is 16.5. The van der Waals surface area contributed by atoms with Crippen LogP contribution in [-0.2, 0) is 16.1 Å². The average molecular weight is 468 g/mol. The van der Waals surface area contributed by atoms with Gasteiger partial charge in [0.25, 0.3) is 0 Å². The molecule has 1 aliphatic carbocycles. The van der Waals surface area contributed by atoms with Crippen LogP contribution in [0.3, 0.4) is 0 Å². The minimum absolute atomic E-state index is 0.0842. The second-order valence-corrected chi connectivity index (χ2v) is 9.69. The molecule has 182 valence electrons. The van der Waals surface area contributed by atoms with E-state index in [2.05, 4.69) is 26.8 Å². The predicted molar refractivity (Wildman–Crippen MR) is 128 cm³/mol. The Morgan fingerprint density at radius 3 is 2.85 bits per heavy atom. The molecule has 0 bridgehead atoms. The smallest absolute Gasteiger partial charge is 0.241 e. The first-order valence-electron chi connectivity index (χ1n) is 12.1. The first kappa shape index (κ1) is 22.8. The summed E-state index contributed by atoms with van der Waals surface area (Å²) in [6.45, 7) is 4.00. The number of nitrogens with zero attached hydrogens (tertiary/aromatic N) is 5. The van der Waals surface area contributed by atoms with Crippen LogP contribution in [0.25, 0.3) is 16.6 Å². The van der Waals surface area contributed by atoms with E-state index in [4.69, 9.17) is 9.84 Å². The molecule has 0 aromatic carbocycles. The molecule has 2 atom stereocenters. The van der Waals surface area contributed by atoms with Crippen molar-refractivity contribution >= 4 is 17.4 Å². The van der Waals surface area contributed by atoms with E-state index < -0.39 is 0 Å². The van der Waals surface area contributed by atoms with Crippen LogP contribution in [0.15, 0.2) is 24.7 Å². The summed E-state index contributed by atoms with van der Waals surface area (Å²) in [5, 5.41) is 25.6. The first-order valence-corrected chi connectivity index (χ1v) is 12.1. The molecular weight excluding hydrogens is 434 g/mol. The highest BCUT2D eigenvalue weighted by Gasteiger charge is 2.26. The van der Waals surface area contributed by atoms with Gasteiger partial charge in [0.15, 0.2) is 0 Å². The van der Waals surface area contributed by atoms with Crippen LogP contribution in [-0.4, -0.2) is 67.8 Å². The van der Waals surface area contributed by atoms with E-state index in [1.807, 2.05) is 34.7 Å². The van der Waals surface area contributed by atoms with Gasteiger partial charge in [-0.3, -0.25) is 9.48 Å². The molecule has 1 saturated carbocycles. The summed E-state index contributed by atoms with van der Waals surface area (Å²) in [4.78, 5) is 16.1. The quantitative estimate of drug-likeness (QED) is 0.465. The summed E-state index contributed by atoms with van der Waals surface area (Å²) in [5.41, 5.74) is 4.13. The fourth-order valence-electron chi connectivity index (χ4n) is 5.15. The lowest BCUT2D eigenvalue weighted by molar-refractivity contribution is -0.119. The number of aliphatic hydroxyl groups excluding tert-OH is 1. The van der Waals surface area contributed by atoms with Crippen LogP contribution in [0.4, 0.5) is 5.95 Å². The number of methoxy groups -OCH3 is 1. The summed E-state index contributed by atoms with van der Waals surface area (Å²) in [6, 6.07) is 2.29. The van der Waals surface area contributed by atoms with E-state index in [1.54, 1.807) is 7.11 Å². The van der Waals surface area contributed by atoms with Crippen LogP contribution < -0.4 is 10.6 Å². The number of amides is 1. The zero-order valence-electron chi connectivity index (χ0n) is 19.8. The third-order valence-electron chi connectivity index (χ3n) is 6.90. The van der Waals surface area contributed by atoms with Gasteiger partial charge in [-0.25, -0.2) is 9.50 Å². The minimum atomic E-state index is -0.209. The van der Waals surface area contributed by atoms with E-state index >= 15 is 0 Å². The van der Waals surface area contributed by atoms with E-state index in [0.717, 1.165) is 48.0 Å². The maximum absolute atomic E-state index is 11.5. The van der Waals surface area contributed by atoms with Gasteiger partial charge in [-0.15, -0.1) is 5.10 Å². The number of hydrogen-bond donors (Lipinski definition) is 3. The zero-order valence-corrected chi connectivity index (χ0v) is 19.8. The van der Waals surface area contributed by atoms with E-state index in [0.29, 0.717) is 38.0 Å². The van der Waals surface area contributed by atoms with Crippen LogP contribution in [0.5, 0.6) is 0 Å². The Balaban J connectivity index is 1.47. The number of ether oxygens (including phenoxy) is 1. The van der Waals surface area contributed by atoms with E-state index in [9.17, 15) is 9.90 Å². The number of anilines is 1. The van der Waals surface area contributed by atoms with Crippen molar-refractivity contribution in [3.05, 3.63) is 30.4 Å². The van der Waals surface area contributed by atoms with Crippen molar-refractivity contribution in [1.29, 1.82) is 0 Å². The molecule has 1 amide bonds. The Kier molecular flexibility index (Phi) is 6.51. The van der Waals surface area contributed by atoms with Crippen molar-refractivity contribution in [2.75, 3.05) is 25.6 Å². The molecule has 3 aromatic heterocycles. The number of carbonyl (C=O) groups is 1. The topological polar surface area (TPSA) is 119 Å². The summed E-state index contributed by atoms with van der Waals surface area (Å²) in [7, 11) is 1.68. The number of carbonyl (C=O) groups excluding carboxylic acids is 1. The summed E-state index contributed by atoms with van der Waals surface area (Å²) in [6.07, 6.45) is 9.60. The number of nitrogens with one attached hydrogen (secondary N) is 2. The van der Waals surface area contributed by atoms with E-state index in [1.165, 1.54) is 0 Å². The number of aliphatic hydroxyl groups is 1. The van der Waals surface area contributed by atoms with Crippen molar-refractivity contribution in [2.45, 2.75) is 63.6 Å². The van der Waals surface area contributed by atoms with Crippen molar-refractivity contribution in [1.82, 2.24) is 29.7 Å². The first-order chi connectivity index (χ1) is 16.5. The fraction of sp³-hybridized carbons (Fsp3) is 0.583. The summed E-state index contributed by atoms with van der Waals surface area (Å²) in [5.74, 6) is 1.26. The molecule has 2 aliphatic rings. The average Bonchev–Trinajstić information content (AvgIpc) is 3.53. The van der Waals surface area contributed by atoms with Crippen molar-refractivity contribution in [2.24, 2.45) is 5.92 Å². The predicted octanol–water partition coefficient (Wildman–Crippen LogP) is 2.19. The van der Waals surface area contributed by atoms with Gasteiger partial charge in [0, 0.05) is 67.5 Å². The van der Waals surface area contributed by atoms with Gasteiger partial charge in [-0.2, -0.15) is 5.10 Å². The molecule has 0 radical (unpaired) electrons. The van der Waals surface area contributed by atoms with Gasteiger partial charge in [0.2, 0.25) is 11.9 Å². The Bertz CT molecular complexity index is 1150. The fourth-order valence-corrected chi connectivity index (χ4v) is 5.15. The van der Waals surface area contributed by atoms with Crippen molar-refractivity contribution in [3.8, 4) is 11.1 Å². The Morgan fingerprint density at radius 1 is 1.29 bits per heavy atom. The van der Waals surface area contributed by atoms with Crippen molar-refractivity contribution in [3.63, 3.8) is 0 Å². The standard InChI is InChI=1S/C24H33N7O3/c1-15(14-34-2)28-24-26-11-22-20(8-21(31(22)29-24)17-3-5-19(32)6-4-17)18-10-27-30(13-18)12-16-7-23(33)25-9-16/h8,10-11,13,15-17,19,32H,3-7,9,12,14H2,1-2H3,(H,25,33)(H,28,29)/t15-,16?,17-,19-/m0/s1. The van der Waals surface area contributed by atoms with E-state index in [-0.39, 0.29) is 24.0 Å². The third kappa shape index (κ3) is 4.78. The van der Waals surface area contributed by atoms with Gasteiger partial charge in [-0.1, -0.05) is 0 Å². The maximum Gasteiger partial charge on any atom is 0.241 e. The Morgan fingerprint density at radius 2 is 2.12 bits per heavy atom. The lowest BCUT2D eigenvalue weighted by Gasteiger charge is -2.25. The largest absolute Gasteiger partial charge is 0.393 e. The molecule has 3 N–H and O–H groups in total. The molecule has 4 heterocycles. The normalized spacial score (nSPS) is 23.9. The second kappa shape index (κ2) is 9.71. The van der Waals surface area contributed by atoms with Crippen LogP contribution >= 0.6 is 0 Å². The van der Waals surface area contributed by atoms with Gasteiger partial charge >= 0.3 is 0 Å². The monoisotopic (exact) mass is 467 g/mol. The molecule has 0 spiro atoms. The molecule has 10 nitrogen and oxygen atoms in total. The summed E-state index contributed by atoms with van der Waals surface area (Å²) < 4.78 is 9.15. The van der Waals surface area contributed by atoms with Gasteiger partial charge in [0.05, 0.1) is 30.6 Å². The Hall–Kier alpha value is -2.98. The number of fused-ring (bicyclic) bond motifs is 1.